The Hall–Kier alpha value is -1.09. The summed E-state index contributed by atoms with van der Waals surface area (Å²) in [7, 11) is 1.88. The molecule has 0 spiro atoms. The van der Waals surface area contributed by atoms with Crippen molar-refractivity contribution in [3.8, 4) is 0 Å². The minimum atomic E-state index is -0.107. The Balaban J connectivity index is 2.41. The zero-order valence-corrected chi connectivity index (χ0v) is 12.4. The van der Waals surface area contributed by atoms with Crippen molar-refractivity contribution in [3.63, 3.8) is 0 Å². The lowest BCUT2D eigenvalue weighted by atomic mass is 9.90. The van der Waals surface area contributed by atoms with Crippen molar-refractivity contribution in [3.05, 3.63) is 29.6 Å². The smallest absolute Gasteiger partial charge is 0.130 e. The Bertz CT molecular complexity index is 433. The third-order valence-electron chi connectivity index (χ3n) is 4.58. The summed E-state index contributed by atoms with van der Waals surface area (Å²) in [4.78, 5) is 2.38. The summed E-state index contributed by atoms with van der Waals surface area (Å²) in [6.07, 6.45) is 2.46. The Kier molecular flexibility index (Phi) is 4.46. The summed E-state index contributed by atoms with van der Waals surface area (Å²) in [5.74, 6) is 0.555. The van der Waals surface area contributed by atoms with Gasteiger partial charge in [0.1, 0.15) is 5.82 Å². The molecule has 3 heteroatoms. The van der Waals surface area contributed by atoms with E-state index in [0.717, 1.165) is 17.8 Å². The molecule has 1 saturated heterocycles. The molecule has 0 aromatic heterocycles. The molecule has 1 aliphatic rings. The minimum Gasteiger partial charge on any atom is -0.368 e. The van der Waals surface area contributed by atoms with Crippen LogP contribution in [0.2, 0.25) is 0 Å². The fourth-order valence-electron chi connectivity index (χ4n) is 3.02. The van der Waals surface area contributed by atoms with Crippen molar-refractivity contribution in [1.29, 1.82) is 0 Å². The molecule has 0 amide bonds. The first-order valence-electron chi connectivity index (χ1n) is 7.28. The van der Waals surface area contributed by atoms with E-state index in [0.29, 0.717) is 12.0 Å². The van der Waals surface area contributed by atoms with Gasteiger partial charge in [-0.1, -0.05) is 13.0 Å². The van der Waals surface area contributed by atoms with Crippen LogP contribution in [0, 0.1) is 11.7 Å². The SMILES string of the molecule is CNC(C)c1c(F)cccc1N1CCCC(C)C1C. The number of hydrogen-bond donors (Lipinski definition) is 1. The van der Waals surface area contributed by atoms with Crippen LogP contribution in [0.4, 0.5) is 10.1 Å². The van der Waals surface area contributed by atoms with Gasteiger partial charge < -0.3 is 10.2 Å². The van der Waals surface area contributed by atoms with Crippen LogP contribution in [-0.4, -0.2) is 19.6 Å². The van der Waals surface area contributed by atoms with Gasteiger partial charge >= 0.3 is 0 Å². The quantitative estimate of drug-likeness (QED) is 0.895. The van der Waals surface area contributed by atoms with Gasteiger partial charge in [0.2, 0.25) is 0 Å². The molecule has 1 N–H and O–H groups in total. The molecule has 2 nitrogen and oxygen atoms in total. The van der Waals surface area contributed by atoms with E-state index >= 15 is 0 Å². The minimum absolute atomic E-state index is 0.0284. The molecule has 1 aliphatic heterocycles. The summed E-state index contributed by atoms with van der Waals surface area (Å²) in [5, 5.41) is 3.16. The molecule has 19 heavy (non-hydrogen) atoms. The number of rotatable bonds is 3. The van der Waals surface area contributed by atoms with Gasteiger partial charge in [0.25, 0.3) is 0 Å². The van der Waals surface area contributed by atoms with Gasteiger partial charge in [-0.2, -0.15) is 0 Å². The van der Waals surface area contributed by atoms with E-state index in [-0.39, 0.29) is 11.9 Å². The summed E-state index contributed by atoms with van der Waals surface area (Å²) in [5.41, 5.74) is 1.85. The van der Waals surface area contributed by atoms with Gasteiger partial charge in [-0.25, -0.2) is 4.39 Å². The molecule has 106 valence electrons. The number of nitrogens with one attached hydrogen (secondary N) is 1. The molecular weight excluding hydrogens is 239 g/mol. The lowest BCUT2D eigenvalue weighted by Crippen LogP contribution is -2.43. The predicted octanol–water partition coefficient (Wildman–Crippen LogP) is 3.73. The number of benzene rings is 1. The second-order valence-electron chi connectivity index (χ2n) is 5.74. The van der Waals surface area contributed by atoms with E-state index in [9.17, 15) is 4.39 Å². The first-order chi connectivity index (χ1) is 9.06. The molecule has 0 radical (unpaired) electrons. The van der Waals surface area contributed by atoms with E-state index in [1.807, 2.05) is 20.0 Å². The van der Waals surface area contributed by atoms with Crippen LogP contribution in [0.3, 0.4) is 0 Å². The van der Waals surface area contributed by atoms with E-state index in [1.165, 1.54) is 12.8 Å². The average Bonchev–Trinajstić information content (AvgIpc) is 2.41. The second-order valence-corrected chi connectivity index (χ2v) is 5.74. The number of nitrogens with zero attached hydrogens (tertiary/aromatic N) is 1. The molecule has 1 aromatic rings. The zero-order chi connectivity index (χ0) is 14.0. The van der Waals surface area contributed by atoms with Gasteiger partial charge in [-0.05, 0) is 51.8 Å². The summed E-state index contributed by atoms with van der Waals surface area (Å²) in [6.45, 7) is 7.58. The normalized spacial score (nSPS) is 25.4. The van der Waals surface area contributed by atoms with Crippen LogP contribution in [0.25, 0.3) is 0 Å². The molecule has 1 heterocycles. The standard InChI is InChI=1S/C16H25FN2/c1-11-7-6-10-19(13(11)3)15-9-5-8-14(17)16(15)12(2)18-4/h5,8-9,11-13,18H,6-7,10H2,1-4H3. The number of piperidine rings is 1. The van der Waals surface area contributed by atoms with Gasteiger partial charge in [0, 0.05) is 29.9 Å². The van der Waals surface area contributed by atoms with Crippen LogP contribution in [0.1, 0.15) is 45.2 Å². The van der Waals surface area contributed by atoms with Crippen LogP contribution < -0.4 is 10.2 Å². The van der Waals surface area contributed by atoms with Gasteiger partial charge in [0.05, 0.1) is 0 Å². The topological polar surface area (TPSA) is 15.3 Å². The maximum Gasteiger partial charge on any atom is 0.130 e. The average molecular weight is 264 g/mol. The lowest BCUT2D eigenvalue weighted by Gasteiger charge is -2.41. The van der Waals surface area contributed by atoms with Crippen molar-refractivity contribution in [2.75, 3.05) is 18.5 Å². The highest BCUT2D eigenvalue weighted by atomic mass is 19.1. The van der Waals surface area contributed by atoms with Crippen molar-refractivity contribution >= 4 is 5.69 Å². The summed E-state index contributed by atoms with van der Waals surface area (Å²) in [6, 6.07) is 5.94. The Labute approximate surface area is 116 Å². The maximum atomic E-state index is 14.2. The molecule has 0 aliphatic carbocycles. The molecule has 2 rings (SSSR count). The van der Waals surface area contributed by atoms with Crippen molar-refractivity contribution in [1.82, 2.24) is 5.32 Å². The molecule has 0 saturated carbocycles. The molecule has 1 fully saturated rings. The van der Waals surface area contributed by atoms with Crippen molar-refractivity contribution < 1.29 is 4.39 Å². The Morgan fingerprint density at radius 2 is 2.11 bits per heavy atom. The summed E-state index contributed by atoms with van der Waals surface area (Å²) >= 11 is 0. The van der Waals surface area contributed by atoms with Gasteiger partial charge in [-0.15, -0.1) is 0 Å². The molecule has 3 atom stereocenters. The monoisotopic (exact) mass is 264 g/mol. The van der Waals surface area contributed by atoms with E-state index in [4.69, 9.17) is 0 Å². The second kappa shape index (κ2) is 5.91. The number of hydrogen-bond acceptors (Lipinski definition) is 2. The first kappa shape index (κ1) is 14.3. The van der Waals surface area contributed by atoms with Crippen LogP contribution in [0.5, 0.6) is 0 Å². The van der Waals surface area contributed by atoms with Gasteiger partial charge in [0.15, 0.2) is 0 Å². The fourth-order valence-corrected chi connectivity index (χ4v) is 3.02. The fraction of sp³-hybridized carbons (Fsp3) is 0.625. The van der Waals surface area contributed by atoms with Crippen molar-refractivity contribution in [2.45, 2.75) is 45.7 Å². The van der Waals surface area contributed by atoms with Crippen molar-refractivity contribution in [2.24, 2.45) is 5.92 Å². The first-order valence-corrected chi connectivity index (χ1v) is 7.28. The van der Waals surface area contributed by atoms with E-state index in [2.05, 4.69) is 30.1 Å². The third kappa shape index (κ3) is 2.76. The maximum absolute atomic E-state index is 14.2. The highest BCUT2D eigenvalue weighted by molar-refractivity contribution is 5.56. The highest BCUT2D eigenvalue weighted by Crippen LogP contribution is 2.34. The molecule has 1 aromatic carbocycles. The number of anilines is 1. The Morgan fingerprint density at radius 1 is 1.37 bits per heavy atom. The van der Waals surface area contributed by atoms with Crippen LogP contribution >= 0.6 is 0 Å². The molecule has 3 unspecified atom stereocenters. The third-order valence-corrected chi connectivity index (χ3v) is 4.58. The lowest BCUT2D eigenvalue weighted by molar-refractivity contribution is 0.362. The molecular formula is C16H25FN2. The van der Waals surface area contributed by atoms with Crippen LogP contribution in [0.15, 0.2) is 18.2 Å². The highest BCUT2D eigenvalue weighted by Gasteiger charge is 2.28. The molecule has 0 bridgehead atoms. The van der Waals surface area contributed by atoms with Gasteiger partial charge in [-0.3, -0.25) is 0 Å². The predicted molar refractivity (Wildman–Crippen MR) is 79.1 cm³/mol. The zero-order valence-electron chi connectivity index (χ0n) is 12.4. The largest absolute Gasteiger partial charge is 0.368 e. The van der Waals surface area contributed by atoms with Crippen LogP contribution in [-0.2, 0) is 0 Å². The van der Waals surface area contributed by atoms with E-state index in [1.54, 1.807) is 6.07 Å². The summed E-state index contributed by atoms with van der Waals surface area (Å²) < 4.78 is 14.2. The number of halogens is 1. The van der Waals surface area contributed by atoms with E-state index < -0.39 is 0 Å². The Morgan fingerprint density at radius 3 is 2.79 bits per heavy atom.